The Morgan fingerprint density at radius 1 is 0.914 bits per heavy atom. The molecule has 3 aromatic carbocycles. The molecule has 0 amide bonds. The molecule has 5 nitrogen and oxygen atoms in total. The molecular weight excluding hydrogens is 440 g/mol. The van der Waals surface area contributed by atoms with Gasteiger partial charge in [-0.2, -0.15) is 0 Å². The summed E-state index contributed by atoms with van der Waals surface area (Å²) in [4.78, 5) is 13.7. The van der Waals surface area contributed by atoms with Gasteiger partial charge in [-0.05, 0) is 60.7 Å². The topological polar surface area (TPSA) is 57.9 Å². The lowest BCUT2D eigenvalue weighted by atomic mass is 9.99. The van der Waals surface area contributed by atoms with Gasteiger partial charge in [-0.25, -0.2) is 0 Å². The van der Waals surface area contributed by atoms with Crippen molar-refractivity contribution >= 4 is 11.0 Å². The number of aryl methyl sites for hydroxylation is 3. The molecule has 1 aromatic heterocycles. The molecule has 0 spiro atoms. The Morgan fingerprint density at radius 3 is 2.51 bits per heavy atom. The summed E-state index contributed by atoms with van der Waals surface area (Å²) in [5.41, 5.74) is 5.12. The lowest BCUT2D eigenvalue weighted by molar-refractivity contribution is 0.297. The summed E-state index contributed by atoms with van der Waals surface area (Å²) in [5, 5.41) is 0.560. The van der Waals surface area contributed by atoms with Gasteiger partial charge in [0.25, 0.3) is 0 Å². The molecule has 5 rings (SSSR count). The molecule has 0 atom stereocenters. The summed E-state index contributed by atoms with van der Waals surface area (Å²) < 4.78 is 24.0. The number of fused-ring (bicyclic) bond motifs is 2. The second kappa shape index (κ2) is 9.87. The van der Waals surface area contributed by atoms with Gasteiger partial charge >= 0.3 is 0 Å². The van der Waals surface area contributed by atoms with E-state index in [9.17, 15) is 4.79 Å². The van der Waals surface area contributed by atoms with Crippen molar-refractivity contribution in [3.63, 3.8) is 0 Å². The zero-order chi connectivity index (χ0) is 24.4. The van der Waals surface area contributed by atoms with E-state index >= 15 is 0 Å². The van der Waals surface area contributed by atoms with Crippen molar-refractivity contribution in [3.05, 3.63) is 87.3 Å². The van der Waals surface area contributed by atoms with Crippen molar-refractivity contribution in [1.82, 2.24) is 0 Å². The predicted octanol–water partition coefficient (Wildman–Crippen LogP) is 6.77. The molecule has 180 valence electrons. The molecule has 0 radical (unpaired) electrons. The second-order valence-corrected chi connectivity index (χ2v) is 9.00. The fourth-order valence-electron chi connectivity index (χ4n) is 4.56. The maximum atomic E-state index is 13.7. The summed E-state index contributed by atoms with van der Waals surface area (Å²) in [6, 6.07) is 17.6. The predicted molar refractivity (Wildman–Crippen MR) is 138 cm³/mol. The zero-order valence-electron chi connectivity index (χ0n) is 20.5. The average Bonchev–Trinajstić information content (AvgIpc) is 3.09. The van der Waals surface area contributed by atoms with Gasteiger partial charge in [-0.15, -0.1) is 0 Å². The standard InChI is InChI=1S/C30H30O5/c1-4-8-21-15-24-27(17-26(21)34-18-23-10-6-5-9-19(23)2)35-20(3)29(30(24)31)22-11-12-25-28(16-22)33-14-7-13-32-25/h5-6,9-12,15-17H,4,7-8,13-14,18H2,1-3H3. The Balaban J connectivity index is 1.56. The maximum Gasteiger partial charge on any atom is 0.200 e. The van der Waals surface area contributed by atoms with Crippen LogP contribution in [0.2, 0.25) is 0 Å². The first-order valence-electron chi connectivity index (χ1n) is 12.2. The third-order valence-electron chi connectivity index (χ3n) is 6.45. The first-order valence-corrected chi connectivity index (χ1v) is 12.2. The number of benzene rings is 3. The lowest BCUT2D eigenvalue weighted by Crippen LogP contribution is -2.09. The van der Waals surface area contributed by atoms with Crippen LogP contribution in [0.3, 0.4) is 0 Å². The third kappa shape index (κ3) is 4.63. The molecule has 0 unspecified atom stereocenters. The molecule has 5 heteroatoms. The highest BCUT2D eigenvalue weighted by molar-refractivity contribution is 5.85. The molecule has 0 saturated heterocycles. The van der Waals surface area contributed by atoms with Gasteiger partial charge in [0.1, 0.15) is 23.7 Å². The molecule has 1 aliphatic rings. The third-order valence-corrected chi connectivity index (χ3v) is 6.45. The minimum Gasteiger partial charge on any atom is -0.490 e. The van der Waals surface area contributed by atoms with Crippen LogP contribution < -0.4 is 19.6 Å². The fraction of sp³-hybridized carbons (Fsp3) is 0.300. The molecule has 2 heterocycles. The lowest BCUT2D eigenvalue weighted by Gasteiger charge is -2.15. The van der Waals surface area contributed by atoms with Crippen molar-refractivity contribution in [2.24, 2.45) is 0 Å². The van der Waals surface area contributed by atoms with E-state index in [0.717, 1.165) is 41.7 Å². The van der Waals surface area contributed by atoms with Crippen LogP contribution in [0.5, 0.6) is 17.2 Å². The van der Waals surface area contributed by atoms with Crippen LogP contribution >= 0.6 is 0 Å². The second-order valence-electron chi connectivity index (χ2n) is 9.00. The Labute approximate surface area is 205 Å². The van der Waals surface area contributed by atoms with E-state index < -0.39 is 0 Å². The molecule has 0 N–H and O–H groups in total. The van der Waals surface area contributed by atoms with Crippen molar-refractivity contribution < 1.29 is 18.6 Å². The van der Waals surface area contributed by atoms with E-state index in [1.807, 2.05) is 49.4 Å². The van der Waals surface area contributed by atoms with Crippen molar-refractivity contribution in [1.29, 1.82) is 0 Å². The fourth-order valence-corrected chi connectivity index (χ4v) is 4.56. The molecule has 0 saturated carbocycles. The SMILES string of the molecule is CCCc1cc2c(=O)c(-c3ccc4c(c3)OCCCO4)c(C)oc2cc1OCc1ccccc1C. The number of rotatable bonds is 6. The highest BCUT2D eigenvalue weighted by Crippen LogP contribution is 2.36. The summed E-state index contributed by atoms with van der Waals surface area (Å²) in [6.45, 7) is 7.71. The van der Waals surface area contributed by atoms with E-state index in [0.29, 0.717) is 53.6 Å². The van der Waals surface area contributed by atoms with Crippen LogP contribution in [-0.4, -0.2) is 13.2 Å². The highest BCUT2D eigenvalue weighted by atomic mass is 16.5. The Kier molecular flexibility index (Phi) is 6.49. The summed E-state index contributed by atoms with van der Waals surface area (Å²) in [6.07, 6.45) is 2.58. The van der Waals surface area contributed by atoms with Crippen molar-refractivity contribution in [2.45, 2.75) is 46.6 Å². The van der Waals surface area contributed by atoms with Gasteiger partial charge in [-0.1, -0.05) is 43.7 Å². The van der Waals surface area contributed by atoms with Crippen molar-refractivity contribution in [2.75, 3.05) is 13.2 Å². The summed E-state index contributed by atoms with van der Waals surface area (Å²) >= 11 is 0. The first kappa shape index (κ1) is 23.0. The van der Waals surface area contributed by atoms with E-state index in [1.54, 1.807) is 0 Å². The Morgan fingerprint density at radius 2 is 1.71 bits per heavy atom. The van der Waals surface area contributed by atoms with Gasteiger partial charge in [0.05, 0.1) is 24.2 Å². The molecule has 0 bridgehead atoms. The van der Waals surface area contributed by atoms with Crippen LogP contribution in [0, 0.1) is 13.8 Å². The normalized spacial score (nSPS) is 13.0. The van der Waals surface area contributed by atoms with Gasteiger partial charge in [0.2, 0.25) is 5.43 Å². The monoisotopic (exact) mass is 470 g/mol. The minimum atomic E-state index is -0.0546. The molecular formula is C30H30O5. The van der Waals surface area contributed by atoms with Crippen molar-refractivity contribution in [3.8, 4) is 28.4 Å². The quantitative estimate of drug-likeness (QED) is 0.311. The number of hydrogen-bond donors (Lipinski definition) is 0. The van der Waals surface area contributed by atoms with E-state index in [-0.39, 0.29) is 5.43 Å². The van der Waals surface area contributed by atoms with Crippen LogP contribution in [0.15, 0.2) is 63.8 Å². The van der Waals surface area contributed by atoms with E-state index in [1.165, 1.54) is 5.56 Å². The number of hydrogen-bond acceptors (Lipinski definition) is 5. The highest BCUT2D eigenvalue weighted by Gasteiger charge is 2.19. The Hall–Kier alpha value is -3.73. The summed E-state index contributed by atoms with van der Waals surface area (Å²) in [7, 11) is 0. The first-order chi connectivity index (χ1) is 17.0. The number of ether oxygens (including phenoxy) is 3. The zero-order valence-corrected chi connectivity index (χ0v) is 20.5. The van der Waals surface area contributed by atoms with Crippen LogP contribution in [0.1, 0.15) is 42.2 Å². The molecule has 0 aliphatic carbocycles. The van der Waals surface area contributed by atoms with Gasteiger partial charge in [0, 0.05) is 12.5 Å². The van der Waals surface area contributed by atoms with E-state index in [2.05, 4.69) is 26.0 Å². The van der Waals surface area contributed by atoms with Crippen LogP contribution in [0.25, 0.3) is 22.1 Å². The van der Waals surface area contributed by atoms with Gasteiger partial charge in [-0.3, -0.25) is 4.79 Å². The average molecular weight is 471 g/mol. The van der Waals surface area contributed by atoms with E-state index in [4.69, 9.17) is 18.6 Å². The Bertz CT molecular complexity index is 1430. The van der Waals surface area contributed by atoms with Gasteiger partial charge in [0.15, 0.2) is 11.5 Å². The molecule has 1 aliphatic heterocycles. The molecule has 0 fully saturated rings. The smallest absolute Gasteiger partial charge is 0.200 e. The van der Waals surface area contributed by atoms with Gasteiger partial charge < -0.3 is 18.6 Å². The van der Waals surface area contributed by atoms with Crippen LogP contribution in [-0.2, 0) is 13.0 Å². The maximum absolute atomic E-state index is 13.7. The molecule has 4 aromatic rings. The minimum absolute atomic E-state index is 0.0546. The van der Waals surface area contributed by atoms with Crippen LogP contribution in [0.4, 0.5) is 0 Å². The molecule has 35 heavy (non-hydrogen) atoms. The largest absolute Gasteiger partial charge is 0.490 e. The summed E-state index contributed by atoms with van der Waals surface area (Å²) in [5.74, 6) is 2.68.